The molecule has 29 heavy (non-hydrogen) atoms. The minimum Gasteiger partial charge on any atom is -0.508 e. The van der Waals surface area contributed by atoms with Gasteiger partial charge in [-0.15, -0.1) is 0 Å². The highest BCUT2D eigenvalue weighted by molar-refractivity contribution is 6.42. The molecule has 0 aliphatic heterocycles. The van der Waals surface area contributed by atoms with Gasteiger partial charge in [0, 0.05) is 17.3 Å². The van der Waals surface area contributed by atoms with E-state index < -0.39 is 0 Å². The van der Waals surface area contributed by atoms with Gasteiger partial charge in [0.2, 0.25) is 11.3 Å². The number of halogens is 2. The van der Waals surface area contributed by atoms with Crippen molar-refractivity contribution >= 4 is 58.0 Å². The van der Waals surface area contributed by atoms with Crippen molar-refractivity contribution < 1.29 is 14.8 Å². The number of aromatic nitrogens is 4. The average molecular weight is 432 g/mol. The second kappa shape index (κ2) is 7.78. The lowest BCUT2D eigenvalue weighted by Gasteiger charge is -2.10. The molecule has 4 rings (SSSR count). The van der Waals surface area contributed by atoms with Crippen LogP contribution in [0.25, 0.3) is 11.3 Å². The number of rotatable bonds is 5. The quantitative estimate of drug-likeness (QED) is 0.273. The number of hydrogen-bond donors (Lipinski definition) is 4. The van der Waals surface area contributed by atoms with E-state index in [4.69, 9.17) is 23.2 Å². The minimum atomic E-state index is -0.132. The van der Waals surface area contributed by atoms with Crippen LogP contribution in [-0.4, -0.2) is 36.7 Å². The highest BCUT2D eigenvalue weighted by atomic mass is 35.5. The molecule has 10 nitrogen and oxygen atoms in total. The van der Waals surface area contributed by atoms with Gasteiger partial charge in [-0.3, -0.25) is 5.43 Å². The number of phenolic OH excluding ortho intramolecular Hbond substituents is 2. The molecule has 2 heterocycles. The van der Waals surface area contributed by atoms with Crippen LogP contribution in [0.3, 0.4) is 0 Å². The fourth-order valence-corrected chi connectivity index (χ4v) is 2.62. The molecule has 4 N–H and O–H groups in total. The highest BCUT2D eigenvalue weighted by Gasteiger charge is 2.13. The SMILES string of the molecule is Oc1ccc(C=NNc2nc3nonc3nc2Nc2ccc(Cl)c(Cl)c2)c(O)c1. The van der Waals surface area contributed by atoms with Gasteiger partial charge in [0.25, 0.3) is 0 Å². The summed E-state index contributed by atoms with van der Waals surface area (Å²) in [4.78, 5) is 8.56. The summed E-state index contributed by atoms with van der Waals surface area (Å²) in [6.45, 7) is 0. The molecule has 0 amide bonds. The number of aromatic hydroxyl groups is 2. The number of hydrazone groups is 1. The Morgan fingerprint density at radius 2 is 1.69 bits per heavy atom. The lowest BCUT2D eigenvalue weighted by Crippen LogP contribution is -2.03. The zero-order valence-electron chi connectivity index (χ0n) is 14.3. The Morgan fingerprint density at radius 1 is 0.931 bits per heavy atom. The summed E-state index contributed by atoms with van der Waals surface area (Å²) >= 11 is 12.0. The van der Waals surface area contributed by atoms with Crippen LogP contribution in [0.5, 0.6) is 11.5 Å². The van der Waals surface area contributed by atoms with Gasteiger partial charge in [0.05, 0.1) is 16.3 Å². The van der Waals surface area contributed by atoms with Crippen LogP contribution in [-0.2, 0) is 0 Å². The molecule has 0 saturated heterocycles. The second-order valence-corrected chi connectivity index (χ2v) is 6.51. The first-order valence-corrected chi connectivity index (χ1v) is 8.78. The van der Waals surface area contributed by atoms with Crippen molar-refractivity contribution in [1.82, 2.24) is 20.3 Å². The van der Waals surface area contributed by atoms with Crippen LogP contribution >= 0.6 is 23.2 Å². The molecule has 0 unspecified atom stereocenters. The van der Waals surface area contributed by atoms with Crippen molar-refractivity contribution in [3.63, 3.8) is 0 Å². The van der Waals surface area contributed by atoms with Crippen LogP contribution in [0.1, 0.15) is 5.56 Å². The molecule has 2 aromatic heterocycles. The van der Waals surface area contributed by atoms with Gasteiger partial charge in [0.15, 0.2) is 11.6 Å². The van der Waals surface area contributed by atoms with Crippen LogP contribution < -0.4 is 10.7 Å². The van der Waals surface area contributed by atoms with Crippen molar-refractivity contribution in [1.29, 1.82) is 0 Å². The van der Waals surface area contributed by atoms with E-state index in [1.54, 1.807) is 18.2 Å². The molecule has 0 aliphatic rings. The van der Waals surface area contributed by atoms with Gasteiger partial charge in [-0.2, -0.15) is 10.1 Å². The molecule has 0 atom stereocenters. The number of phenols is 2. The molecule has 0 radical (unpaired) electrons. The lowest BCUT2D eigenvalue weighted by atomic mass is 10.2. The maximum atomic E-state index is 9.83. The van der Waals surface area contributed by atoms with E-state index in [-0.39, 0.29) is 34.4 Å². The second-order valence-electron chi connectivity index (χ2n) is 5.70. The summed E-state index contributed by atoms with van der Waals surface area (Å²) in [5.74, 6) is 0.301. The fourth-order valence-electron chi connectivity index (χ4n) is 2.32. The maximum absolute atomic E-state index is 9.83. The molecule has 146 valence electrons. The number of fused-ring (bicyclic) bond motifs is 1. The number of nitrogens with zero attached hydrogens (tertiary/aromatic N) is 5. The van der Waals surface area contributed by atoms with Crippen LogP contribution in [0.2, 0.25) is 10.0 Å². The summed E-state index contributed by atoms with van der Waals surface area (Å²) in [5, 5.41) is 34.4. The first-order valence-electron chi connectivity index (χ1n) is 8.03. The van der Waals surface area contributed by atoms with Crippen molar-refractivity contribution in [3.05, 3.63) is 52.0 Å². The first kappa shape index (κ1) is 18.7. The minimum absolute atomic E-state index is 0.0597. The predicted octanol–water partition coefficient (Wildman–Crippen LogP) is 3.92. The van der Waals surface area contributed by atoms with Gasteiger partial charge < -0.3 is 15.5 Å². The van der Waals surface area contributed by atoms with Crippen molar-refractivity contribution in [2.75, 3.05) is 10.7 Å². The smallest absolute Gasteiger partial charge is 0.245 e. The van der Waals surface area contributed by atoms with E-state index in [1.165, 1.54) is 24.4 Å². The summed E-state index contributed by atoms with van der Waals surface area (Å²) in [6, 6.07) is 9.09. The Morgan fingerprint density at radius 3 is 2.41 bits per heavy atom. The molecular weight excluding hydrogens is 421 g/mol. The van der Waals surface area contributed by atoms with E-state index in [1.807, 2.05) is 0 Å². The Labute approximate surface area is 172 Å². The Bertz CT molecular complexity index is 1230. The zero-order valence-corrected chi connectivity index (χ0v) is 15.8. The van der Waals surface area contributed by atoms with Crippen molar-refractivity contribution in [2.45, 2.75) is 0 Å². The van der Waals surface area contributed by atoms with Gasteiger partial charge in [0.1, 0.15) is 11.5 Å². The van der Waals surface area contributed by atoms with E-state index in [0.29, 0.717) is 21.3 Å². The third-order valence-electron chi connectivity index (χ3n) is 3.68. The fraction of sp³-hybridized carbons (Fsp3) is 0. The van der Waals surface area contributed by atoms with Gasteiger partial charge >= 0.3 is 0 Å². The van der Waals surface area contributed by atoms with E-state index in [0.717, 1.165) is 0 Å². The lowest BCUT2D eigenvalue weighted by molar-refractivity contribution is 0.314. The standard InChI is InChI=1S/C17H11Cl2N7O3/c18-11-4-2-9(5-12(11)19)21-14-15(23-17-16(22-14)25-29-26-17)24-20-7-8-1-3-10(27)6-13(8)28/h1-7,27-28H,(H,21,22,25)(H,23,24,26). The summed E-state index contributed by atoms with van der Waals surface area (Å²) in [5.41, 5.74) is 4.08. The molecule has 2 aromatic carbocycles. The average Bonchev–Trinajstić information content (AvgIpc) is 3.14. The third-order valence-corrected chi connectivity index (χ3v) is 4.42. The van der Waals surface area contributed by atoms with Gasteiger partial charge in [-0.05, 0) is 40.6 Å². The highest BCUT2D eigenvalue weighted by Crippen LogP contribution is 2.29. The number of anilines is 3. The van der Waals surface area contributed by atoms with E-state index in [9.17, 15) is 10.2 Å². The van der Waals surface area contributed by atoms with Crippen LogP contribution in [0.15, 0.2) is 46.1 Å². The molecular formula is C17H11Cl2N7O3. The Hall–Kier alpha value is -3.63. The van der Waals surface area contributed by atoms with E-state index in [2.05, 4.69) is 40.8 Å². The van der Waals surface area contributed by atoms with Crippen molar-refractivity contribution in [2.24, 2.45) is 5.10 Å². The first-order chi connectivity index (χ1) is 14.0. The number of nitrogens with one attached hydrogen (secondary N) is 2. The summed E-state index contributed by atoms with van der Waals surface area (Å²) in [7, 11) is 0. The van der Waals surface area contributed by atoms with Crippen LogP contribution in [0.4, 0.5) is 17.3 Å². The van der Waals surface area contributed by atoms with Gasteiger partial charge in [-0.25, -0.2) is 9.61 Å². The Kier molecular flexibility index (Phi) is 5.02. The van der Waals surface area contributed by atoms with Crippen LogP contribution in [0, 0.1) is 0 Å². The summed E-state index contributed by atoms with van der Waals surface area (Å²) < 4.78 is 4.65. The number of hydrogen-bond acceptors (Lipinski definition) is 10. The molecule has 12 heteroatoms. The van der Waals surface area contributed by atoms with Gasteiger partial charge in [-0.1, -0.05) is 23.2 Å². The molecule has 0 spiro atoms. The molecule has 0 fully saturated rings. The normalized spacial score (nSPS) is 11.2. The monoisotopic (exact) mass is 431 g/mol. The molecule has 4 aromatic rings. The van der Waals surface area contributed by atoms with Crippen molar-refractivity contribution in [3.8, 4) is 11.5 Å². The Balaban J connectivity index is 1.64. The third kappa shape index (κ3) is 4.13. The zero-order chi connectivity index (χ0) is 20.4. The topological polar surface area (TPSA) is 142 Å². The largest absolute Gasteiger partial charge is 0.508 e. The summed E-state index contributed by atoms with van der Waals surface area (Å²) in [6.07, 6.45) is 1.35. The predicted molar refractivity (Wildman–Crippen MR) is 108 cm³/mol. The molecule has 0 saturated carbocycles. The molecule has 0 aliphatic carbocycles. The maximum Gasteiger partial charge on any atom is 0.245 e. The van der Waals surface area contributed by atoms with E-state index >= 15 is 0 Å². The molecule has 0 bridgehead atoms. The number of benzene rings is 2.